The van der Waals surface area contributed by atoms with Crippen LogP contribution in [-0.2, 0) is 4.74 Å². The molecule has 14 heavy (non-hydrogen) atoms. The Hall–Kier alpha value is -0.730. The van der Waals surface area contributed by atoms with Crippen molar-refractivity contribution in [2.45, 2.75) is 59.0 Å². The molecule has 0 rings (SSSR count). The highest BCUT2D eigenvalue weighted by atomic mass is 16.7. The molecular formula is C11H22O3. The third kappa shape index (κ3) is 5.10. The van der Waals surface area contributed by atoms with Crippen molar-refractivity contribution in [2.24, 2.45) is 5.92 Å². The van der Waals surface area contributed by atoms with Crippen molar-refractivity contribution in [1.29, 1.82) is 0 Å². The summed E-state index contributed by atoms with van der Waals surface area (Å²) >= 11 is 0. The molecule has 0 aromatic heterocycles. The van der Waals surface area contributed by atoms with Gasteiger partial charge in [0.05, 0.1) is 0 Å². The number of carboxylic acid groups (broad SMARTS) is 1. The van der Waals surface area contributed by atoms with Gasteiger partial charge in [-0.05, 0) is 25.2 Å². The molecular weight excluding hydrogens is 180 g/mol. The molecule has 0 bridgehead atoms. The largest absolute Gasteiger partial charge is 0.506 e. The first-order valence-corrected chi connectivity index (χ1v) is 5.55. The van der Waals surface area contributed by atoms with E-state index in [1.54, 1.807) is 0 Å². The van der Waals surface area contributed by atoms with Crippen molar-refractivity contribution < 1.29 is 14.6 Å². The minimum absolute atomic E-state index is 0.121. The predicted octanol–water partition coefficient (Wildman–Crippen LogP) is 3.68. The Labute approximate surface area is 86.5 Å². The standard InChI is InChI=1S/C11H22O3/c1-4-7-8-9(5-2)10(6-3)14-11(12)13/h9-10H,4-8H2,1-3H3,(H,12,13). The monoisotopic (exact) mass is 202 g/mol. The third-order valence-electron chi connectivity index (χ3n) is 2.63. The van der Waals surface area contributed by atoms with Crippen LogP contribution in [-0.4, -0.2) is 17.4 Å². The molecule has 2 unspecified atom stereocenters. The summed E-state index contributed by atoms with van der Waals surface area (Å²) in [4.78, 5) is 10.4. The molecule has 0 aliphatic heterocycles. The van der Waals surface area contributed by atoms with Crippen molar-refractivity contribution in [2.75, 3.05) is 0 Å². The molecule has 0 aliphatic rings. The zero-order chi connectivity index (χ0) is 11.0. The Balaban J connectivity index is 4.06. The van der Waals surface area contributed by atoms with E-state index in [0.29, 0.717) is 5.92 Å². The van der Waals surface area contributed by atoms with E-state index in [9.17, 15) is 4.79 Å². The van der Waals surface area contributed by atoms with Crippen molar-refractivity contribution in [3.8, 4) is 0 Å². The highest BCUT2D eigenvalue weighted by Crippen LogP contribution is 2.21. The van der Waals surface area contributed by atoms with Gasteiger partial charge in [-0.3, -0.25) is 0 Å². The predicted molar refractivity (Wildman–Crippen MR) is 56.5 cm³/mol. The van der Waals surface area contributed by atoms with Crippen LogP contribution in [0.5, 0.6) is 0 Å². The SMILES string of the molecule is CCCCC(CC)C(CC)OC(=O)O. The fraction of sp³-hybridized carbons (Fsp3) is 0.909. The number of hydrogen-bond donors (Lipinski definition) is 1. The molecule has 0 heterocycles. The molecule has 0 fully saturated rings. The van der Waals surface area contributed by atoms with Gasteiger partial charge < -0.3 is 9.84 Å². The fourth-order valence-electron chi connectivity index (χ4n) is 1.76. The lowest BCUT2D eigenvalue weighted by Gasteiger charge is -2.23. The van der Waals surface area contributed by atoms with E-state index in [1.807, 2.05) is 6.92 Å². The van der Waals surface area contributed by atoms with Gasteiger partial charge in [0, 0.05) is 0 Å². The van der Waals surface area contributed by atoms with Crippen LogP contribution >= 0.6 is 0 Å². The van der Waals surface area contributed by atoms with Gasteiger partial charge in [0.2, 0.25) is 0 Å². The van der Waals surface area contributed by atoms with Gasteiger partial charge in [0.25, 0.3) is 0 Å². The average molecular weight is 202 g/mol. The number of carbonyl (C=O) groups is 1. The van der Waals surface area contributed by atoms with Gasteiger partial charge >= 0.3 is 6.16 Å². The molecule has 3 heteroatoms. The van der Waals surface area contributed by atoms with Crippen molar-refractivity contribution in [3.63, 3.8) is 0 Å². The highest BCUT2D eigenvalue weighted by molar-refractivity contribution is 5.57. The average Bonchev–Trinajstić information content (AvgIpc) is 2.16. The summed E-state index contributed by atoms with van der Waals surface area (Å²) in [6, 6.07) is 0. The van der Waals surface area contributed by atoms with Gasteiger partial charge in [0.15, 0.2) is 0 Å². The summed E-state index contributed by atoms with van der Waals surface area (Å²) in [5.74, 6) is 0.385. The van der Waals surface area contributed by atoms with Gasteiger partial charge in [0.1, 0.15) is 6.10 Å². The molecule has 3 nitrogen and oxygen atoms in total. The maximum absolute atomic E-state index is 10.4. The van der Waals surface area contributed by atoms with Gasteiger partial charge in [-0.2, -0.15) is 0 Å². The van der Waals surface area contributed by atoms with E-state index in [0.717, 1.165) is 32.1 Å². The molecule has 0 saturated carbocycles. The van der Waals surface area contributed by atoms with Crippen LogP contribution in [0.15, 0.2) is 0 Å². The Kier molecular flexibility index (Phi) is 7.25. The van der Waals surface area contributed by atoms with E-state index in [4.69, 9.17) is 9.84 Å². The minimum atomic E-state index is -1.15. The zero-order valence-electron chi connectivity index (χ0n) is 9.45. The summed E-state index contributed by atoms with van der Waals surface area (Å²) < 4.78 is 4.87. The Morgan fingerprint density at radius 2 is 1.93 bits per heavy atom. The summed E-state index contributed by atoms with van der Waals surface area (Å²) in [6.45, 7) is 6.21. The summed E-state index contributed by atoms with van der Waals surface area (Å²) in [6.07, 6.45) is 3.87. The molecule has 2 atom stereocenters. The zero-order valence-corrected chi connectivity index (χ0v) is 9.45. The van der Waals surface area contributed by atoms with Crippen LogP contribution in [0.4, 0.5) is 4.79 Å². The van der Waals surface area contributed by atoms with Crippen LogP contribution in [0, 0.1) is 5.92 Å². The third-order valence-corrected chi connectivity index (χ3v) is 2.63. The van der Waals surface area contributed by atoms with E-state index >= 15 is 0 Å². The molecule has 0 aromatic carbocycles. The van der Waals surface area contributed by atoms with E-state index < -0.39 is 6.16 Å². The number of hydrogen-bond acceptors (Lipinski definition) is 2. The number of unbranched alkanes of at least 4 members (excludes halogenated alkanes) is 1. The second kappa shape index (κ2) is 7.65. The molecule has 0 spiro atoms. The minimum Gasteiger partial charge on any atom is -0.450 e. The maximum Gasteiger partial charge on any atom is 0.506 e. The maximum atomic E-state index is 10.4. The highest BCUT2D eigenvalue weighted by Gasteiger charge is 2.21. The first-order chi connectivity index (χ1) is 6.65. The molecule has 0 aliphatic carbocycles. The van der Waals surface area contributed by atoms with Crippen molar-refractivity contribution >= 4 is 6.16 Å². The lowest BCUT2D eigenvalue weighted by Crippen LogP contribution is -2.25. The molecule has 0 amide bonds. The number of rotatable bonds is 7. The number of ether oxygens (including phenoxy) is 1. The van der Waals surface area contributed by atoms with Crippen molar-refractivity contribution in [3.05, 3.63) is 0 Å². The molecule has 84 valence electrons. The lowest BCUT2D eigenvalue weighted by molar-refractivity contribution is 0.0190. The first-order valence-electron chi connectivity index (χ1n) is 5.55. The normalized spacial score (nSPS) is 14.8. The van der Waals surface area contributed by atoms with Crippen LogP contribution < -0.4 is 0 Å². The van der Waals surface area contributed by atoms with Gasteiger partial charge in [-0.15, -0.1) is 0 Å². The fourth-order valence-corrected chi connectivity index (χ4v) is 1.76. The van der Waals surface area contributed by atoms with Crippen LogP contribution in [0.3, 0.4) is 0 Å². The van der Waals surface area contributed by atoms with Crippen molar-refractivity contribution in [1.82, 2.24) is 0 Å². The van der Waals surface area contributed by atoms with Crippen LogP contribution in [0.1, 0.15) is 52.9 Å². The molecule has 0 radical (unpaired) electrons. The van der Waals surface area contributed by atoms with E-state index in [2.05, 4.69) is 13.8 Å². The van der Waals surface area contributed by atoms with E-state index in [-0.39, 0.29) is 6.10 Å². The Morgan fingerprint density at radius 1 is 1.29 bits per heavy atom. The first kappa shape index (κ1) is 13.3. The smallest absolute Gasteiger partial charge is 0.450 e. The lowest BCUT2D eigenvalue weighted by atomic mass is 9.92. The van der Waals surface area contributed by atoms with E-state index in [1.165, 1.54) is 0 Å². The summed E-state index contributed by atoms with van der Waals surface area (Å²) in [7, 11) is 0. The van der Waals surface area contributed by atoms with Crippen LogP contribution in [0.2, 0.25) is 0 Å². The van der Waals surface area contributed by atoms with Gasteiger partial charge in [-0.25, -0.2) is 4.79 Å². The molecule has 0 saturated heterocycles. The summed E-state index contributed by atoms with van der Waals surface area (Å²) in [5.41, 5.74) is 0. The van der Waals surface area contributed by atoms with Crippen LogP contribution in [0.25, 0.3) is 0 Å². The van der Waals surface area contributed by atoms with Gasteiger partial charge in [-0.1, -0.05) is 33.6 Å². The Morgan fingerprint density at radius 3 is 2.29 bits per heavy atom. The summed E-state index contributed by atoms with van der Waals surface area (Å²) in [5, 5.41) is 8.56. The topological polar surface area (TPSA) is 46.5 Å². The second-order valence-corrected chi connectivity index (χ2v) is 3.64. The Bertz CT molecular complexity index is 157. The second-order valence-electron chi connectivity index (χ2n) is 3.64. The molecule has 1 N–H and O–H groups in total. The molecule has 0 aromatic rings. The quantitative estimate of drug-likeness (QED) is 0.640.